The van der Waals surface area contributed by atoms with Crippen molar-refractivity contribution in [3.8, 4) is 0 Å². The van der Waals surface area contributed by atoms with Gasteiger partial charge in [0.05, 0.1) is 16.1 Å². The van der Waals surface area contributed by atoms with E-state index in [9.17, 15) is 4.39 Å². The molecule has 1 fully saturated rings. The van der Waals surface area contributed by atoms with Crippen LogP contribution in [0.3, 0.4) is 0 Å². The van der Waals surface area contributed by atoms with Crippen molar-refractivity contribution < 1.29 is 9.13 Å². The van der Waals surface area contributed by atoms with E-state index in [1.54, 1.807) is 18.2 Å². The zero-order valence-electron chi connectivity index (χ0n) is 14.4. The fourth-order valence-electron chi connectivity index (χ4n) is 3.17. The predicted octanol–water partition coefficient (Wildman–Crippen LogP) is 5.64. The van der Waals surface area contributed by atoms with E-state index in [2.05, 4.69) is 11.9 Å². The van der Waals surface area contributed by atoms with Crippen LogP contribution >= 0.6 is 23.2 Å². The van der Waals surface area contributed by atoms with E-state index in [-0.39, 0.29) is 11.9 Å². The minimum atomic E-state index is -0.497. The van der Waals surface area contributed by atoms with Crippen LogP contribution in [0.15, 0.2) is 36.4 Å². The van der Waals surface area contributed by atoms with Gasteiger partial charge in [-0.15, -0.1) is 0 Å². The molecular formula is C20H22Cl2FNO. The van der Waals surface area contributed by atoms with Gasteiger partial charge < -0.3 is 9.64 Å². The number of hydrogen-bond acceptors (Lipinski definition) is 2. The molecule has 1 heterocycles. The third kappa shape index (κ3) is 4.53. The molecule has 25 heavy (non-hydrogen) atoms. The van der Waals surface area contributed by atoms with Crippen molar-refractivity contribution in [1.82, 2.24) is 4.90 Å². The summed E-state index contributed by atoms with van der Waals surface area (Å²) in [5.41, 5.74) is 2.23. The summed E-state index contributed by atoms with van der Waals surface area (Å²) in [6, 6.07) is 10.6. The standard InChI is InChI=1S/C20H22Cl2FNO/c1-13-3-5-16(19(23)11-13)20(14-4-6-17(21)18(22)12-14)25-15-7-9-24(2)10-8-15/h3-6,11-12,15,20H,7-10H2,1-2H3. The third-order valence-corrected chi connectivity index (χ3v) is 5.42. The first-order valence-corrected chi connectivity index (χ1v) is 9.24. The van der Waals surface area contributed by atoms with Crippen LogP contribution in [-0.4, -0.2) is 31.1 Å². The molecule has 2 nitrogen and oxygen atoms in total. The zero-order valence-corrected chi connectivity index (χ0v) is 15.9. The van der Waals surface area contributed by atoms with Gasteiger partial charge in [-0.25, -0.2) is 4.39 Å². The summed E-state index contributed by atoms with van der Waals surface area (Å²) < 4.78 is 21.0. The fraction of sp³-hybridized carbons (Fsp3) is 0.400. The van der Waals surface area contributed by atoms with Crippen molar-refractivity contribution in [2.24, 2.45) is 0 Å². The lowest BCUT2D eigenvalue weighted by Gasteiger charge is -2.32. The molecule has 1 atom stereocenters. The Morgan fingerprint density at radius 3 is 2.44 bits per heavy atom. The van der Waals surface area contributed by atoms with Crippen molar-refractivity contribution in [2.45, 2.75) is 32.0 Å². The molecule has 0 N–H and O–H groups in total. The molecule has 0 bridgehead atoms. The number of ether oxygens (including phenoxy) is 1. The highest BCUT2D eigenvalue weighted by atomic mass is 35.5. The topological polar surface area (TPSA) is 12.5 Å². The summed E-state index contributed by atoms with van der Waals surface area (Å²) in [5, 5.41) is 0.927. The number of piperidine rings is 1. The number of likely N-dealkylation sites (tertiary alicyclic amines) is 1. The van der Waals surface area contributed by atoms with E-state index < -0.39 is 6.10 Å². The monoisotopic (exact) mass is 381 g/mol. The van der Waals surface area contributed by atoms with Crippen LogP contribution < -0.4 is 0 Å². The van der Waals surface area contributed by atoms with Crippen LogP contribution in [0, 0.1) is 12.7 Å². The summed E-state index contributed by atoms with van der Waals surface area (Å²) in [4.78, 5) is 2.28. The summed E-state index contributed by atoms with van der Waals surface area (Å²) >= 11 is 12.2. The molecule has 0 radical (unpaired) electrons. The number of rotatable bonds is 4. The van der Waals surface area contributed by atoms with E-state index in [4.69, 9.17) is 27.9 Å². The lowest BCUT2D eigenvalue weighted by molar-refractivity contribution is -0.0246. The summed E-state index contributed by atoms with van der Waals surface area (Å²) in [6.45, 7) is 3.84. The lowest BCUT2D eigenvalue weighted by Crippen LogP contribution is -2.35. The van der Waals surface area contributed by atoms with Crippen molar-refractivity contribution in [3.05, 3.63) is 69.0 Å². The summed E-state index contributed by atoms with van der Waals surface area (Å²) in [6.07, 6.45) is 1.46. The maximum absolute atomic E-state index is 14.6. The Morgan fingerprint density at radius 2 is 1.80 bits per heavy atom. The quantitative estimate of drug-likeness (QED) is 0.679. The fourth-order valence-corrected chi connectivity index (χ4v) is 3.47. The number of hydrogen-bond donors (Lipinski definition) is 0. The first kappa shape index (κ1) is 18.7. The lowest BCUT2D eigenvalue weighted by atomic mass is 9.98. The van der Waals surface area contributed by atoms with Crippen LogP contribution in [0.2, 0.25) is 10.0 Å². The van der Waals surface area contributed by atoms with E-state index in [1.165, 1.54) is 6.07 Å². The summed E-state index contributed by atoms with van der Waals surface area (Å²) in [7, 11) is 2.10. The second kappa shape index (κ2) is 8.05. The van der Waals surface area contributed by atoms with E-state index in [0.29, 0.717) is 15.6 Å². The predicted molar refractivity (Wildman–Crippen MR) is 101 cm³/mol. The Balaban J connectivity index is 1.94. The average molecular weight is 382 g/mol. The maximum Gasteiger partial charge on any atom is 0.129 e. The Bertz CT molecular complexity index is 744. The van der Waals surface area contributed by atoms with Gasteiger partial charge in [0, 0.05) is 18.7 Å². The van der Waals surface area contributed by atoms with Crippen molar-refractivity contribution in [2.75, 3.05) is 20.1 Å². The van der Waals surface area contributed by atoms with Gasteiger partial charge in [-0.1, -0.05) is 41.4 Å². The zero-order chi connectivity index (χ0) is 18.0. The molecule has 0 spiro atoms. The SMILES string of the molecule is Cc1ccc(C(OC2CCN(C)CC2)c2ccc(Cl)c(Cl)c2)c(F)c1. The molecule has 0 aromatic heterocycles. The molecule has 134 valence electrons. The molecule has 2 aromatic carbocycles. The molecule has 3 rings (SSSR count). The molecule has 5 heteroatoms. The highest BCUT2D eigenvalue weighted by molar-refractivity contribution is 6.42. The number of aryl methyl sites for hydroxylation is 1. The molecule has 0 aliphatic carbocycles. The van der Waals surface area contributed by atoms with Gasteiger partial charge in [0.15, 0.2) is 0 Å². The van der Waals surface area contributed by atoms with Crippen LogP contribution in [0.25, 0.3) is 0 Å². The van der Waals surface area contributed by atoms with Gasteiger partial charge in [-0.05, 0) is 56.1 Å². The minimum Gasteiger partial charge on any atom is -0.365 e. The minimum absolute atomic E-state index is 0.0938. The molecular weight excluding hydrogens is 360 g/mol. The Morgan fingerprint density at radius 1 is 1.08 bits per heavy atom. The number of benzene rings is 2. The summed E-state index contributed by atoms with van der Waals surface area (Å²) in [5.74, 6) is -0.260. The first-order chi connectivity index (χ1) is 11.9. The molecule has 2 aromatic rings. The van der Waals surface area contributed by atoms with Crippen molar-refractivity contribution in [1.29, 1.82) is 0 Å². The van der Waals surface area contributed by atoms with E-state index >= 15 is 0 Å². The third-order valence-electron chi connectivity index (χ3n) is 4.68. The largest absolute Gasteiger partial charge is 0.365 e. The first-order valence-electron chi connectivity index (χ1n) is 8.49. The highest BCUT2D eigenvalue weighted by Gasteiger charge is 2.26. The van der Waals surface area contributed by atoms with Crippen LogP contribution in [-0.2, 0) is 4.74 Å². The second-order valence-corrected chi connectivity index (χ2v) is 7.53. The van der Waals surface area contributed by atoms with Crippen LogP contribution in [0.1, 0.15) is 35.6 Å². The Hall–Kier alpha value is -1.13. The number of halogens is 3. The average Bonchev–Trinajstić information content (AvgIpc) is 2.58. The van der Waals surface area contributed by atoms with Gasteiger partial charge in [-0.3, -0.25) is 0 Å². The molecule has 0 saturated carbocycles. The van der Waals surface area contributed by atoms with Crippen molar-refractivity contribution in [3.63, 3.8) is 0 Å². The van der Waals surface area contributed by atoms with Crippen LogP contribution in [0.5, 0.6) is 0 Å². The highest BCUT2D eigenvalue weighted by Crippen LogP contribution is 2.34. The molecule has 1 unspecified atom stereocenters. The van der Waals surface area contributed by atoms with E-state index in [0.717, 1.165) is 37.1 Å². The van der Waals surface area contributed by atoms with Gasteiger partial charge in [0.2, 0.25) is 0 Å². The normalized spacial score (nSPS) is 17.6. The van der Waals surface area contributed by atoms with Gasteiger partial charge in [0.1, 0.15) is 11.9 Å². The smallest absolute Gasteiger partial charge is 0.129 e. The number of nitrogens with zero attached hydrogens (tertiary/aromatic N) is 1. The van der Waals surface area contributed by atoms with Gasteiger partial charge in [-0.2, -0.15) is 0 Å². The van der Waals surface area contributed by atoms with Gasteiger partial charge in [0.25, 0.3) is 0 Å². The maximum atomic E-state index is 14.6. The molecule has 1 aliphatic heterocycles. The second-order valence-electron chi connectivity index (χ2n) is 6.72. The van der Waals surface area contributed by atoms with Crippen LogP contribution in [0.4, 0.5) is 4.39 Å². The van der Waals surface area contributed by atoms with E-state index in [1.807, 2.05) is 19.1 Å². The molecule has 1 aliphatic rings. The van der Waals surface area contributed by atoms with Crippen molar-refractivity contribution >= 4 is 23.2 Å². The Labute approximate surface area is 158 Å². The molecule has 1 saturated heterocycles. The molecule has 0 amide bonds. The van der Waals surface area contributed by atoms with Gasteiger partial charge >= 0.3 is 0 Å². The Kier molecular flexibility index (Phi) is 6.00.